The highest BCUT2D eigenvalue weighted by Gasteiger charge is 2.19. The summed E-state index contributed by atoms with van der Waals surface area (Å²) >= 11 is 2.08. The van der Waals surface area contributed by atoms with E-state index >= 15 is 0 Å². The first-order valence-electron chi connectivity index (χ1n) is 5.02. The molecule has 0 spiro atoms. The summed E-state index contributed by atoms with van der Waals surface area (Å²) in [6.45, 7) is 2.95. The molecule has 2 rings (SSSR count). The van der Waals surface area contributed by atoms with Crippen molar-refractivity contribution in [3.8, 4) is 0 Å². The van der Waals surface area contributed by atoms with Gasteiger partial charge in [-0.25, -0.2) is 0 Å². The molecular weight excluding hydrogens is 319 g/mol. The number of aliphatic hydroxyl groups excluding tert-OH is 1. The van der Waals surface area contributed by atoms with Gasteiger partial charge in [-0.1, -0.05) is 0 Å². The van der Waals surface area contributed by atoms with Crippen LogP contribution in [0.2, 0.25) is 0 Å². The lowest BCUT2D eigenvalue weighted by Gasteiger charge is -2.04. The van der Waals surface area contributed by atoms with Crippen molar-refractivity contribution >= 4 is 22.6 Å². The Hall–Kier alpha value is -0.890. The van der Waals surface area contributed by atoms with E-state index in [1.54, 1.807) is 7.05 Å². The first-order valence-corrected chi connectivity index (χ1v) is 6.10. The second-order valence-corrected chi connectivity index (χ2v) is 4.57. The van der Waals surface area contributed by atoms with Gasteiger partial charge >= 0.3 is 0 Å². The molecule has 16 heavy (non-hydrogen) atoms. The largest absolute Gasteiger partial charge is 0.382 e. The van der Waals surface area contributed by atoms with Crippen LogP contribution in [0.15, 0.2) is 18.5 Å². The molecule has 0 aliphatic carbocycles. The van der Waals surface area contributed by atoms with Gasteiger partial charge < -0.3 is 9.67 Å². The summed E-state index contributed by atoms with van der Waals surface area (Å²) < 4.78 is 2.75. The number of halogens is 1. The van der Waals surface area contributed by atoms with Crippen molar-refractivity contribution < 1.29 is 5.11 Å². The van der Waals surface area contributed by atoms with Gasteiger partial charge in [-0.3, -0.25) is 0 Å². The second-order valence-electron chi connectivity index (χ2n) is 3.54. The summed E-state index contributed by atoms with van der Waals surface area (Å²) in [5, 5.41) is 18.4. The highest BCUT2D eigenvalue weighted by atomic mass is 127. The summed E-state index contributed by atoms with van der Waals surface area (Å²) in [5.41, 5.74) is 1.46. The summed E-state index contributed by atoms with van der Waals surface area (Å²) in [6.07, 6.45) is 3.17. The summed E-state index contributed by atoms with van der Waals surface area (Å²) in [7, 11) is 1.75. The van der Waals surface area contributed by atoms with Crippen LogP contribution in [0, 0.1) is 3.70 Å². The third-order valence-corrected chi connectivity index (χ3v) is 3.18. The van der Waals surface area contributed by atoms with Crippen LogP contribution < -0.4 is 0 Å². The van der Waals surface area contributed by atoms with E-state index in [9.17, 15) is 5.11 Å². The van der Waals surface area contributed by atoms with Gasteiger partial charge in [-0.2, -0.15) is 9.90 Å². The minimum atomic E-state index is -0.701. The monoisotopic (exact) mass is 332 g/mol. The molecule has 1 atom stereocenters. The zero-order chi connectivity index (χ0) is 11.7. The predicted octanol–water partition coefficient (Wildman–Crippen LogP) is 1.32. The van der Waals surface area contributed by atoms with Gasteiger partial charge in [0.25, 0.3) is 0 Å². The Bertz CT molecular complexity index is 491. The van der Waals surface area contributed by atoms with Crippen LogP contribution in [-0.4, -0.2) is 24.7 Å². The van der Waals surface area contributed by atoms with Gasteiger partial charge in [0.15, 0.2) is 0 Å². The highest BCUT2D eigenvalue weighted by Crippen LogP contribution is 2.23. The van der Waals surface area contributed by atoms with E-state index in [1.165, 1.54) is 4.80 Å². The van der Waals surface area contributed by atoms with E-state index in [0.29, 0.717) is 5.69 Å². The molecular formula is C10H13IN4O. The smallest absolute Gasteiger partial charge is 0.149 e. The summed E-state index contributed by atoms with van der Waals surface area (Å²) in [5.74, 6) is 0. The second kappa shape index (κ2) is 4.54. The summed E-state index contributed by atoms with van der Waals surface area (Å²) in [6, 6.07) is 1.90. The Kier molecular flexibility index (Phi) is 3.29. The lowest BCUT2D eigenvalue weighted by atomic mass is 10.1. The minimum absolute atomic E-state index is 0.608. The van der Waals surface area contributed by atoms with Gasteiger partial charge in [-0.05, 0) is 35.6 Å². The highest BCUT2D eigenvalue weighted by molar-refractivity contribution is 14.1. The van der Waals surface area contributed by atoms with Crippen molar-refractivity contribution in [1.82, 2.24) is 19.6 Å². The van der Waals surface area contributed by atoms with E-state index in [4.69, 9.17) is 0 Å². The fourth-order valence-electron chi connectivity index (χ4n) is 1.54. The molecule has 0 aliphatic rings. The SMILES string of the molecule is CCn1ccc(C(O)c2nn(C)nc2I)c1. The average molecular weight is 332 g/mol. The molecule has 0 saturated heterocycles. The molecule has 0 bridgehead atoms. The quantitative estimate of drug-likeness (QED) is 0.863. The van der Waals surface area contributed by atoms with Crippen molar-refractivity contribution in [2.24, 2.45) is 7.05 Å². The lowest BCUT2D eigenvalue weighted by Crippen LogP contribution is -2.02. The molecule has 0 aliphatic heterocycles. The van der Waals surface area contributed by atoms with Crippen LogP contribution in [0.1, 0.15) is 24.3 Å². The minimum Gasteiger partial charge on any atom is -0.382 e. The van der Waals surface area contributed by atoms with Crippen molar-refractivity contribution in [2.45, 2.75) is 19.6 Å². The maximum absolute atomic E-state index is 10.2. The Balaban J connectivity index is 2.31. The molecule has 0 amide bonds. The van der Waals surface area contributed by atoms with Crippen molar-refractivity contribution in [2.75, 3.05) is 0 Å². The van der Waals surface area contributed by atoms with Crippen LogP contribution >= 0.6 is 22.6 Å². The number of hydrogen-bond acceptors (Lipinski definition) is 3. The maximum Gasteiger partial charge on any atom is 0.149 e. The Labute approximate surface area is 107 Å². The van der Waals surface area contributed by atoms with Crippen LogP contribution in [-0.2, 0) is 13.6 Å². The van der Waals surface area contributed by atoms with E-state index in [0.717, 1.165) is 15.8 Å². The third-order valence-electron chi connectivity index (χ3n) is 2.41. The molecule has 6 heteroatoms. The number of rotatable bonds is 3. The number of aromatic nitrogens is 4. The van der Waals surface area contributed by atoms with Crippen molar-refractivity contribution in [3.05, 3.63) is 33.4 Å². The molecule has 1 unspecified atom stereocenters. The molecule has 2 aromatic heterocycles. The fourth-order valence-corrected chi connectivity index (χ4v) is 2.26. The molecule has 1 N–H and O–H groups in total. The number of nitrogens with zero attached hydrogens (tertiary/aromatic N) is 4. The topological polar surface area (TPSA) is 55.9 Å². The van der Waals surface area contributed by atoms with Crippen LogP contribution in [0.4, 0.5) is 0 Å². The predicted molar refractivity (Wildman–Crippen MR) is 67.9 cm³/mol. The molecule has 0 aromatic carbocycles. The maximum atomic E-state index is 10.2. The van der Waals surface area contributed by atoms with E-state index in [-0.39, 0.29) is 0 Å². The molecule has 86 valence electrons. The van der Waals surface area contributed by atoms with Gasteiger partial charge in [0, 0.05) is 31.5 Å². The molecule has 0 radical (unpaired) electrons. The average Bonchev–Trinajstić information content (AvgIpc) is 2.84. The Morgan fingerprint density at radius 3 is 2.75 bits per heavy atom. The van der Waals surface area contributed by atoms with Gasteiger partial charge in [0.1, 0.15) is 15.5 Å². The molecule has 0 fully saturated rings. The van der Waals surface area contributed by atoms with Crippen LogP contribution in [0.5, 0.6) is 0 Å². The van der Waals surface area contributed by atoms with Gasteiger partial charge in [-0.15, -0.1) is 5.10 Å². The lowest BCUT2D eigenvalue weighted by molar-refractivity contribution is 0.213. The summed E-state index contributed by atoms with van der Waals surface area (Å²) in [4.78, 5) is 1.47. The first kappa shape index (κ1) is 11.6. The molecule has 2 heterocycles. The Morgan fingerprint density at radius 1 is 1.50 bits per heavy atom. The van der Waals surface area contributed by atoms with Crippen molar-refractivity contribution in [1.29, 1.82) is 0 Å². The standard InChI is InChI=1S/C10H13IN4O/c1-3-15-5-4-7(6-15)9(16)8-10(11)13-14(2)12-8/h4-6,9,16H,3H2,1-2H3. The normalized spacial score (nSPS) is 13.0. The van der Waals surface area contributed by atoms with Crippen LogP contribution in [0.3, 0.4) is 0 Å². The molecule has 5 nitrogen and oxygen atoms in total. The first-order chi connectivity index (χ1) is 7.61. The number of hydrogen-bond donors (Lipinski definition) is 1. The van der Waals surface area contributed by atoms with Crippen molar-refractivity contribution in [3.63, 3.8) is 0 Å². The van der Waals surface area contributed by atoms with E-state index in [2.05, 4.69) is 39.7 Å². The van der Waals surface area contributed by atoms with Crippen LogP contribution in [0.25, 0.3) is 0 Å². The number of aliphatic hydroxyl groups is 1. The van der Waals surface area contributed by atoms with E-state index < -0.39 is 6.10 Å². The fraction of sp³-hybridized carbons (Fsp3) is 0.400. The molecule has 2 aromatic rings. The Morgan fingerprint density at radius 2 is 2.25 bits per heavy atom. The van der Waals surface area contributed by atoms with Gasteiger partial charge in [0.2, 0.25) is 0 Å². The third kappa shape index (κ3) is 2.12. The number of aryl methyl sites for hydroxylation is 2. The zero-order valence-corrected chi connectivity index (χ0v) is 11.3. The zero-order valence-electron chi connectivity index (χ0n) is 9.13. The molecule has 0 saturated carbocycles. The van der Waals surface area contributed by atoms with E-state index in [1.807, 2.05) is 23.0 Å². The van der Waals surface area contributed by atoms with Gasteiger partial charge in [0.05, 0.1) is 0 Å².